The second-order valence-corrected chi connectivity index (χ2v) is 7.06. The zero-order valence-electron chi connectivity index (χ0n) is 19.1. The van der Waals surface area contributed by atoms with E-state index in [1.165, 1.54) is 0 Å². The summed E-state index contributed by atoms with van der Waals surface area (Å²) in [4.78, 5) is 0. The molecule has 3 aromatic rings. The zero-order chi connectivity index (χ0) is 22.4. The molecule has 0 atom stereocenters. The molecular formula is C26H34O6. The van der Waals surface area contributed by atoms with Gasteiger partial charge in [0.05, 0.1) is 39.6 Å². The van der Waals surface area contributed by atoms with Crippen LogP contribution < -0.4 is 9.47 Å². The van der Waals surface area contributed by atoms with Gasteiger partial charge in [-0.3, -0.25) is 0 Å². The molecular weight excluding hydrogens is 408 g/mol. The van der Waals surface area contributed by atoms with E-state index in [0.717, 1.165) is 33.0 Å². The van der Waals surface area contributed by atoms with Gasteiger partial charge in [0.1, 0.15) is 24.7 Å². The molecule has 0 aliphatic rings. The van der Waals surface area contributed by atoms with Gasteiger partial charge in [0.2, 0.25) is 0 Å². The number of ether oxygens (including phenoxy) is 6. The third kappa shape index (κ3) is 6.81. The van der Waals surface area contributed by atoms with Gasteiger partial charge in [0.25, 0.3) is 0 Å². The largest absolute Gasteiger partial charge is 0.490 e. The SMILES string of the molecule is CCOCCOCCOc1c2ccccc2c(OCCOCCOCC)c2ccccc12. The van der Waals surface area contributed by atoms with Gasteiger partial charge in [-0.1, -0.05) is 48.5 Å². The van der Waals surface area contributed by atoms with E-state index >= 15 is 0 Å². The van der Waals surface area contributed by atoms with Crippen LogP contribution in [0.25, 0.3) is 21.5 Å². The fourth-order valence-corrected chi connectivity index (χ4v) is 3.49. The number of fused-ring (bicyclic) bond motifs is 2. The highest BCUT2D eigenvalue weighted by Crippen LogP contribution is 2.42. The Hall–Kier alpha value is -2.38. The highest BCUT2D eigenvalue weighted by molar-refractivity contribution is 6.11. The Morgan fingerprint density at radius 2 is 0.750 bits per heavy atom. The summed E-state index contributed by atoms with van der Waals surface area (Å²) >= 11 is 0. The molecule has 0 bridgehead atoms. The van der Waals surface area contributed by atoms with E-state index in [2.05, 4.69) is 24.3 Å². The molecule has 0 amide bonds. The summed E-state index contributed by atoms with van der Waals surface area (Å²) in [6, 6.07) is 16.3. The minimum Gasteiger partial charge on any atom is -0.490 e. The van der Waals surface area contributed by atoms with Gasteiger partial charge in [0.15, 0.2) is 0 Å². The van der Waals surface area contributed by atoms with Crippen molar-refractivity contribution in [2.24, 2.45) is 0 Å². The molecule has 0 fully saturated rings. The molecule has 0 unspecified atom stereocenters. The standard InChI is InChI=1S/C26H34O6/c1-3-27-13-15-29-17-19-31-25-21-9-5-7-11-23(21)26(24-12-8-6-10-22(24)25)32-20-18-30-16-14-28-4-2/h5-12H,3-4,13-20H2,1-2H3. The molecule has 0 heterocycles. The lowest BCUT2D eigenvalue weighted by Crippen LogP contribution is -2.12. The van der Waals surface area contributed by atoms with E-state index < -0.39 is 0 Å². The second kappa shape index (κ2) is 13.9. The molecule has 174 valence electrons. The van der Waals surface area contributed by atoms with Crippen LogP contribution in [0.2, 0.25) is 0 Å². The minimum absolute atomic E-state index is 0.466. The quantitative estimate of drug-likeness (QED) is 0.233. The highest BCUT2D eigenvalue weighted by atomic mass is 16.5. The third-order valence-corrected chi connectivity index (χ3v) is 4.93. The van der Waals surface area contributed by atoms with Gasteiger partial charge in [-0.25, -0.2) is 0 Å². The first-order valence-corrected chi connectivity index (χ1v) is 11.4. The van der Waals surface area contributed by atoms with Crippen molar-refractivity contribution in [3.8, 4) is 11.5 Å². The van der Waals surface area contributed by atoms with Crippen molar-refractivity contribution in [3.05, 3.63) is 48.5 Å². The molecule has 3 aromatic carbocycles. The van der Waals surface area contributed by atoms with Gasteiger partial charge in [-0.05, 0) is 13.8 Å². The topological polar surface area (TPSA) is 55.4 Å². The van der Waals surface area contributed by atoms with Crippen molar-refractivity contribution in [1.82, 2.24) is 0 Å². The molecule has 0 aliphatic carbocycles. The first-order valence-electron chi connectivity index (χ1n) is 11.4. The smallest absolute Gasteiger partial charge is 0.135 e. The van der Waals surface area contributed by atoms with Gasteiger partial charge in [-0.15, -0.1) is 0 Å². The third-order valence-electron chi connectivity index (χ3n) is 4.93. The van der Waals surface area contributed by atoms with E-state index in [1.54, 1.807) is 0 Å². The average molecular weight is 443 g/mol. The summed E-state index contributed by atoms with van der Waals surface area (Å²) in [5.41, 5.74) is 0. The van der Waals surface area contributed by atoms with Crippen LogP contribution in [0, 0.1) is 0 Å². The Morgan fingerprint density at radius 1 is 0.438 bits per heavy atom. The molecule has 0 aromatic heterocycles. The first kappa shape index (κ1) is 24.3. The van der Waals surface area contributed by atoms with Crippen molar-refractivity contribution >= 4 is 21.5 Å². The van der Waals surface area contributed by atoms with Crippen LogP contribution in [0.4, 0.5) is 0 Å². The lowest BCUT2D eigenvalue weighted by atomic mass is 10.0. The molecule has 32 heavy (non-hydrogen) atoms. The van der Waals surface area contributed by atoms with Crippen LogP contribution in [0.3, 0.4) is 0 Å². The van der Waals surface area contributed by atoms with Gasteiger partial charge >= 0.3 is 0 Å². The summed E-state index contributed by atoms with van der Waals surface area (Å²) in [6.45, 7) is 9.63. The number of hydrogen-bond donors (Lipinski definition) is 0. The molecule has 0 saturated carbocycles. The normalized spacial score (nSPS) is 11.3. The number of rotatable bonds is 16. The van der Waals surface area contributed by atoms with Crippen LogP contribution in [0.15, 0.2) is 48.5 Å². The Kier molecular flexibility index (Phi) is 10.5. The fraction of sp³-hybridized carbons (Fsp3) is 0.462. The second-order valence-electron chi connectivity index (χ2n) is 7.06. The minimum atomic E-state index is 0.466. The average Bonchev–Trinajstić information content (AvgIpc) is 2.83. The molecule has 6 nitrogen and oxygen atoms in total. The van der Waals surface area contributed by atoms with E-state index in [4.69, 9.17) is 28.4 Å². The van der Waals surface area contributed by atoms with Crippen molar-refractivity contribution in [2.75, 3.05) is 66.1 Å². The van der Waals surface area contributed by atoms with Crippen LogP contribution in [0.1, 0.15) is 13.8 Å². The van der Waals surface area contributed by atoms with Crippen molar-refractivity contribution < 1.29 is 28.4 Å². The fourth-order valence-electron chi connectivity index (χ4n) is 3.49. The Labute approximate surface area is 190 Å². The van der Waals surface area contributed by atoms with E-state index in [1.807, 2.05) is 38.1 Å². The van der Waals surface area contributed by atoms with Gasteiger partial charge < -0.3 is 28.4 Å². The van der Waals surface area contributed by atoms with Crippen LogP contribution in [0.5, 0.6) is 11.5 Å². The zero-order valence-corrected chi connectivity index (χ0v) is 19.1. The Bertz CT molecular complexity index is 809. The summed E-state index contributed by atoms with van der Waals surface area (Å²) in [7, 11) is 0. The van der Waals surface area contributed by atoms with Crippen LogP contribution in [-0.2, 0) is 18.9 Å². The lowest BCUT2D eigenvalue weighted by molar-refractivity contribution is 0.0406. The summed E-state index contributed by atoms with van der Waals surface area (Å²) < 4.78 is 34.2. The summed E-state index contributed by atoms with van der Waals surface area (Å²) in [5.74, 6) is 1.70. The van der Waals surface area contributed by atoms with E-state index in [0.29, 0.717) is 66.1 Å². The molecule has 0 aliphatic heterocycles. The molecule has 3 rings (SSSR count). The molecule has 0 spiro atoms. The van der Waals surface area contributed by atoms with Gasteiger partial charge in [-0.2, -0.15) is 0 Å². The summed E-state index contributed by atoms with van der Waals surface area (Å²) in [6.07, 6.45) is 0. The molecule has 0 N–H and O–H groups in total. The van der Waals surface area contributed by atoms with E-state index in [9.17, 15) is 0 Å². The van der Waals surface area contributed by atoms with Crippen molar-refractivity contribution in [2.45, 2.75) is 13.8 Å². The maximum Gasteiger partial charge on any atom is 0.135 e. The Morgan fingerprint density at radius 3 is 1.09 bits per heavy atom. The van der Waals surface area contributed by atoms with E-state index in [-0.39, 0.29) is 0 Å². The maximum atomic E-state index is 6.21. The number of hydrogen-bond acceptors (Lipinski definition) is 6. The van der Waals surface area contributed by atoms with Crippen LogP contribution >= 0.6 is 0 Å². The molecule has 0 saturated heterocycles. The Balaban J connectivity index is 1.72. The predicted molar refractivity (Wildman–Crippen MR) is 127 cm³/mol. The highest BCUT2D eigenvalue weighted by Gasteiger charge is 2.15. The molecule has 0 radical (unpaired) electrons. The lowest BCUT2D eigenvalue weighted by Gasteiger charge is -2.18. The van der Waals surface area contributed by atoms with Gasteiger partial charge in [0, 0.05) is 34.8 Å². The summed E-state index contributed by atoms with van der Waals surface area (Å²) in [5, 5.41) is 4.08. The monoisotopic (exact) mass is 442 g/mol. The van der Waals surface area contributed by atoms with Crippen LogP contribution in [-0.4, -0.2) is 66.1 Å². The predicted octanol–water partition coefficient (Wildman–Crippen LogP) is 4.86. The maximum absolute atomic E-state index is 6.21. The van der Waals surface area contributed by atoms with Crippen molar-refractivity contribution in [1.29, 1.82) is 0 Å². The first-order chi connectivity index (χ1) is 15.9. The van der Waals surface area contributed by atoms with Crippen molar-refractivity contribution in [3.63, 3.8) is 0 Å². The number of benzene rings is 3. The molecule has 6 heteroatoms.